The first kappa shape index (κ1) is 12.7. The number of carboxylic acids is 1. The smallest absolute Gasteiger partial charge is 0.303 e. The average molecular weight is 284 g/mol. The van der Waals surface area contributed by atoms with E-state index in [4.69, 9.17) is 10.6 Å². The molecule has 0 saturated heterocycles. The van der Waals surface area contributed by atoms with Crippen LogP contribution in [0.2, 0.25) is 0 Å². The van der Waals surface area contributed by atoms with E-state index in [0.29, 0.717) is 19.3 Å². The first-order valence-corrected chi connectivity index (χ1v) is 7.75. The van der Waals surface area contributed by atoms with Crippen LogP contribution in [0.1, 0.15) is 89.4 Å². The van der Waals surface area contributed by atoms with Crippen LogP contribution in [0, 0.1) is 0 Å². The first-order valence-electron chi connectivity index (χ1n) is 9.75. The fourth-order valence-corrected chi connectivity index (χ4v) is 1.63. The van der Waals surface area contributed by atoms with Gasteiger partial charge in [-0.2, -0.15) is 0 Å². The van der Waals surface area contributed by atoms with Crippen LogP contribution in [-0.4, -0.2) is 11.1 Å². The van der Waals surface area contributed by atoms with E-state index in [1.54, 1.807) is 0 Å². The van der Waals surface area contributed by atoms with Crippen molar-refractivity contribution in [3.8, 4) is 0 Å². The zero-order valence-electron chi connectivity index (χ0n) is 16.7. The predicted molar refractivity (Wildman–Crippen MR) is 87.0 cm³/mol. The molecule has 2 nitrogen and oxygen atoms in total. The number of hydrogen-bond acceptors (Lipinski definition) is 1. The quantitative estimate of drug-likeness (QED) is 0.319. The molecule has 20 heavy (non-hydrogen) atoms. The van der Waals surface area contributed by atoms with Gasteiger partial charge in [-0.25, -0.2) is 0 Å². The molecular formula is C18H32O2. The molecule has 0 bridgehead atoms. The van der Waals surface area contributed by atoms with Gasteiger partial charge in [-0.15, -0.1) is 0 Å². The summed E-state index contributed by atoms with van der Waals surface area (Å²) in [5.74, 6) is -0.762. The molecule has 0 radical (unpaired) electrons. The van der Waals surface area contributed by atoms with E-state index in [1.165, 1.54) is 0 Å². The van der Waals surface area contributed by atoms with Crippen molar-refractivity contribution in [2.45, 2.75) is 83.9 Å². The number of hydrogen-bond donors (Lipinski definition) is 1. The zero-order valence-corrected chi connectivity index (χ0v) is 12.7. The van der Waals surface area contributed by atoms with Crippen LogP contribution >= 0.6 is 0 Å². The molecular weight excluding hydrogens is 248 g/mol. The fourth-order valence-electron chi connectivity index (χ4n) is 1.63. The first-order chi connectivity index (χ1) is 11.2. The van der Waals surface area contributed by atoms with Gasteiger partial charge in [0, 0.05) is 11.9 Å². The van der Waals surface area contributed by atoms with Crippen LogP contribution in [0.4, 0.5) is 0 Å². The summed E-state index contributed by atoms with van der Waals surface area (Å²) < 4.78 is 31.8. The number of allylic oxidation sites excluding steroid dienone is 4. The summed E-state index contributed by atoms with van der Waals surface area (Å²) in [5.41, 5.74) is 0. The van der Waals surface area contributed by atoms with Crippen LogP contribution in [0.3, 0.4) is 0 Å². The third kappa shape index (κ3) is 16.9. The summed E-state index contributed by atoms with van der Waals surface area (Å²) in [6.07, 6.45) is 10.4. The second-order valence-corrected chi connectivity index (χ2v) is 4.81. The van der Waals surface area contributed by atoms with E-state index in [9.17, 15) is 4.79 Å². The number of unbranched alkanes of at least 4 members (excludes halogenated alkanes) is 3. The van der Waals surface area contributed by atoms with Crippen molar-refractivity contribution in [3.63, 3.8) is 0 Å². The third-order valence-corrected chi connectivity index (χ3v) is 2.82. The largest absolute Gasteiger partial charge is 0.481 e. The number of carbonyl (C=O) groups is 1. The number of aliphatic carboxylic acids is 1. The summed E-state index contributed by atoms with van der Waals surface area (Å²) in [6, 6.07) is 0. The normalized spacial score (nSPS) is 16.1. The van der Waals surface area contributed by atoms with Crippen molar-refractivity contribution in [2.24, 2.45) is 0 Å². The maximum atomic E-state index is 10.3. The second-order valence-electron chi connectivity index (χ2n) is 4.81. The Balaban J connectivity index is 3.87. The fraction of sp³-hybridized carbons (Fsp3) is 0.722. The minimum atomic E-state index is -1.78. The third-order valence-electron chi connectivity index (χ3n) is 2.82. The number of carboxylic acid groups (broad SMARTS) is 1. The summed E-state index contributed by atoms with van der Waals surface area (Å²) in [7, 11) is 0. The molecule has 1 N–H and O–H groups in total. The van der Waals surface area contributed by atoms with Crippen LogP contribution in [-0.2, 0) is 4.79 Å². The zero-order chi connectivity index (χ0) is 18.5. The molecule has 0 aromatic rings. The van der Waals surface area contributed by atoms with E-state index in [-0.39, 0.29) is 19.3 Å². The van der Waals surface area contributed by atoms with Crippen molar-refractivity contribution in [2.75, 3.05) is 0 Å². The highest BCUT2D eigenvalue weighted by Gasteiger charge is 1.92. The van der Waals surface area contributed by atoms with Gasteiger partial charge < -0.3 is 5.11 Å². The Bertz CT molecular complexity index is 404. The van der Waals surface area contributed by atoms with Crippen molar-refractivity contribution >= 4 is 5.97 Å². The van der Waals surface area contributed by atoms with Gasteiger partial charge in [0.15, 0.2) is 0 Å². The van der Waals surface area contributed by atoms with Crippen molar-refractivity contribution < 1.29 is 15.4 Å². The predicted octanol–water partition coefficient (Wildman–Crippen LogP) is 5.88. The Hall–Kier alpha value is -1.05. The van der Waals surface area contributed by atoms with Gasteiger partial charge in [0.1, 0.15) is 0 Å². The molecule has 0 aromatic carbocycles. The molecule has 2 heteroatoms. The van der Waals surface area contributed by atoms with Crippen molar-refractivity contribution in [1.29, 1.82) is 0 Å². The van der Waals surface area contributed by atoms with Crippen LogP contribution < -0.4 is 0 Å². The van der Waals surface area contributed by atoms with Gasteiger partial charge in [-0.3, -0.25) is 4.79 Å². The van der Waals surface area contributed by atoms with Crippen molar-refractivity contribution in [3.05, 3.63) is 24.3 Å². The highest BCUT2D eigenvalue weighted by molar-refractivity contribution is 5.66. The van der Waals surface area contributed by atoms with Gasteiger partial charge in [0.05, 0.1) is 0 Å². The molecule has 0 aliphatic heterocycles. The molecule has 0 aromatic heterocycles. The summed E-state index contributed by atoms with van der Waals surface area (Å²) >= 11 is 0. The lowest BCUT2D eigenvalue weighted by atomic mass is 10.1. The molecule has 0 unspecified atom stereocenters. The highest BCUT2D eigenvalue weighted by Crippen LogP contribution is 2.08. The molecule has 0 amide bonds. The topological polar surface area (TPSA) is 37.3 Å². The maximum absolute atomic E-state index is 10.3. The Labute approximate surface area is 130 Å². The molecule has 0 aliphatic rings. The average Bonchev–Trinajstić information content (AvgIpc) is 2.50. The Morgan fingerprint density at radius 2 is 1.55 bits per heavy atom. The van der Waals surface area contributed by atoms with Gasteiger partial charge in [0.2, 0.25) is 0 Å². The lowest BCUT2D eigenvalue weighted by Gasteiger charge is -1.98. The minimum Gasteiger partial charge on any atom is -0.481 e. The van der Waals surface area contributed by atoms with Crippen molar-refractivity contribution in [1.82, 2.24) is 0 Å². The molecule has 0 heterocycles. The van der Waals surface area contributed by atoms with E-state index < -0.39 is 18.7 Å². The van der Waals surface area contributed by atoms with Gasteiger partial charge >= 0.3 is 5.97 Å². The van der Waals surface area contributed by atoms with E-state index in [2.05, 4.69) is 0 Å². The Kier molecular flexibility index (Phi) is 10.1. The number of rotatable bonds is 14. The molecule has 0 aliphatic carbocycles. The van der Waals surface area contributed by atoms with E-state index in [1.807, 2.05) is 31.2 Å². The summed E-state index contributed by atoms with van der Waals surface area (Å²) in [6.45, 7) is 1.98. The molecule has 0 rings (SSSR count). The maximum Gasteiger partial charge on any atom is 0.303 e. The molecule has 0 spiro atoms. The van der Waals surface area contributed by atoms with E-state index >= 15 is 0 Å². The monoisotopic (exact) mass is 284 g/mol. The van der Waals surface area contributed by atoms with E-state index in [0.717, 1.165) is 25.7 Å². The van der Waals surface area contributed by atoms with Crippen LogP contribution in [0.15, 0.2) is 24.3 Å². The SMILES string of the molecule is [2H]C([2H])(CCCC)C([2H])([2H])CCC/C=C\C/C=C\CCCC(=O)O. The van der Waals surface area contributed by atoms with Gasteiger partial charge in [0.25, 0.3) is 0 Å². The van der Waals surface area contributed by atoms with Crippen LogP contribution in [0.5, 0.6) is 0 Å². The van der Waals surface area contributed by atoms with Crippen LogP contribution in [0.25, 0.3) is 0 Å². The molecule has 0 atom stereocenters. The molecule has 0 saturated carbocycles. The lowest BCUT2D eigenvalue weighted by Crippen LogP contribution is -1.92. The summed E-state index contributed by atoms with van der Waals surface area (Å²) in [5, 5.41) is 8.50. The Morgan fingerprint density at radius 1 is 0.950 bits per heavy atom. The second kappa shape index (κ2) is 16.0. The summed E-state index contributed by atoms with van der Waals surface area (Å²) in [4.78, 5) is 10.3. The highest BCUT2D eigenvalue weighted by atomic mass is 16.4. The Morgan fingerprint density at radius 3 is 2.15 bits per heavy atom. The lowest BCUT2D eigenvalue weighted by molar-refractivity contribution is -0.137. The minimum absolute atomic E-state index is 0.202. The standard InChI is InChI=1S/C18H32O2/c1-2-3-4-5-6-7-8-9-10-11-12-13-14-15-16-17-18(19)20/h10-11,13-14H,2-9,12,15-17H2,1H3,(H,19,20)/b11-10-,14-13-/i5D2,6D2. The van der Waals surface area contributed by atoms with Gasteiger partial charge in [-0.05, 0) is 32.1 Å². The van der Waals surface area contributed by atoms with Gasteiger partial charge in [-0.1, -0.05) is 69.7 Å². The molecule has 116 valence electrons. The molecule has 0 fully saturated rings.